The van der Waals surface area contributed by atoms with E-state index in [1.807, 2.05) is 248 Å². The van der Waals surface area contributed by atoms with E-state index in [2.05, 4.69) is 45.1 Å². The second-order valence-electron chi connectivity index (χ2n) is 31.5. The number of H-pyrrole nitrogens is 3. The Balaban J connectivity index is 0.000000179. The summed E-state index contributed by atoms with van der Waals surface area (Å²) in [5.74, 6) is -1.36. The summed E-state index contributed by atoms with van der Waals surface area (Å²) in [6.45, 7) is 12.3. The van der Waals surface area contributed by atoms with Gasteiger partial charge in [0.05, 0.1) is 37.1 Å². The van der Waals surface area contributed by atoms with Gasteiger partial charge in [0.1, 0.15) is 45.8 Å². The number of hydrogen-bond donors (Lipinski definition) is 9. The molecule has 11 aromatic carbocycles. The minimum Gasteiger partial charge on any atom is -0.494 e. The van der Waals surface area contributed by atoms with Gasteiger partial charge in [-0.3, -0.25) is 28.8 Å². The molecule has 0 saturated heterocycles. The van der Waals surface area contributed by atoms with Crippen molar-refractivity contribution in [3.05, 3.63) is 348 Å². The van der Waals surface area contributed by atoms with Crippen molar-refractivity contribution in [3.63, 3.8) is 0 Å². The molecule has 3 heterocycles. The Morgan fingerprint density at radius 1 is 0.318 bits per heavy atom. The third-order valence-corrected chi connectivity index (χ3v) is 26.9. The molecule has 0 aliphatic carbocycles. The van der Waals surface area contributed by atoms with Crippen LogP contribution in [0.4, 0.5) is 0 Å². The smallest absolute Gasteiger partial charge is 0.281 e. The highest BCUT2D eigenvalue weighted by molar-refractivity contribution is 7.90. The number of benzene rings is 11. The van der Waals surface area contributed by atoms with Crippen LogP contribution in [0.3, 0.4) is 0 Å². The lowest BCUT2D eigenvalue weighted by atomic mass is 10.0. The predicted octanol–water partition coefficient (Wildman–Crippen LogP) is 18.6. The predicted molar refractivity (Wildman–Crippen MR) is 520 cm³/mol. The van der Waals surface area contributed by atoms with Crippen LogP contribution in [0.5, 0.6) is 28.7 Å². The minimum absolute atomic E-state index is 0.100. The average molecular weight is 1900 g/mol. The number of carbonyl (C=O) groups is 6. The highest BCUT2D eigenvalue weighted by atomic mass is 35.5. The molecule has 0 saturated carbocycles. The van der Waals surface area contributed by atoms with Gasteiger partial charge in [-0.25, -0.2) is 39.4 Å². The van der Waals surface area contributed by atoms with Crippen LogP contribution in [0.2, 0.25) is 15.1 Å². The van der Waals surface area contributed by atoms with E-state index < -0.39 is 76.9 Å². The maximum absolute atomic E-state index is 13.2. The number of aromatic nitrogens is 3. The van der Waals surface area contributed by atoms with Crippen LogP contribution in [-0.2, 0) is 60.5 Å². The first-order chi connectivity index (χ1) is 63.3. The van der Waals surface area contributed by atoms with E-state index in [9.17, 15) is 54.0 Å². The fourth-order valence-corrected chi connectivity index (χ4v) is 17.8. The number of sulfonamides is 3. The summed E-state index contributed by atoms with van der Waals surface area (Å²) in [7, 11) is -12.1. The lowest BCUT2D eigenvalue weighted by Crippen LogP contribution is -2.37. The molecule has 0 radical (unpaired) electrons. The number of rotatable bonds is 38. The van der Waals surface area contributed by atoms with Crippen molar-refractivity contribution >= 4 is 133 Å². The van der Waals surface area contributed by atoms with Crippen LogP contribution in [0.15, 0.2) is 249 Å². The zero-order valence-electron chi connectivity index (χ0n) is 73.6. The summed E-state index contributed by atoms with van der Waals surface area (Å²) in [6, 6.07) is 75.6. The minimum atomic E-state index is -4.06. The first-order valence-corrected chi connectivity index (χ1v) is 48.9. The maximum Gasteiger partial charge on any atom is 0.281 e. The molecule has 686 valence electrons. The second kappa shape index (κ2) is 46.0. The van der Waals surface area contributed by atoms with Crippen molar-refractivity contribution in [2.75, 3.05) is 56.7 Å². The number of nitrogens with one attached hydrogen (secondary N) is 9. The Hall–Kier alpha value is -13.2. The monoisotopic (exact) mass is 1900 g/mol. The molecule has 0 bridgehead atoms. The van der Waals surface area contributed by atoms with Gasteiger partial charge in [-0.15, -0.1) is 0 Å². The summed E-state index contributed by atoms with van der Waals surface area (Å²) in [6.07, 6.45) is 4.04. The second-order valence-corrected chi connectivity index (χ2v) is 38.2. The highest BCUT2D eigenvalue weighted by Gasteiger charge is 2.27. The molecule has 3 aromatic heterocycles. The van der Waals surface area contributed by atoms with Crippen molar-refractivity contribution in [3.8, 4) is 39.9 Å². The molecule has 14 aromatic rings. The normalized spacial score (nSPS) is 11.3. The van der Waals surface area contributed by atoms with Gasteiger partial charge >= 0.3 is 0 Å². The Labute approximate surface area is 782 Å². The van der Waals surface area contributed by atoms with E-state index in [0.717, 1.165) is 94.1 Å². The molecule has 14 rings (SSSR count). The largest absolute Gasteiger partial charge is 0.494 e. The molecule has 0 fully saturated rings. The molecule has 0 aliphatic rings. The quantitative estimate of drug-likeness (QED) is 0.0162. The van der Waals surface area contributed by atoms with Crippen LogP contribution in [-0.4, -0.2) is 132 Å². The van der Waals surface area contributed by atoms with Gasteiger partial charge in [-0.05, 0) is 256 Å². The summed E-state index contributed by atoms with van der Waals surface area (Å²) < 4.78 is 107. The summed E-state index contributed by atoms with van der Waals surface area (Å²) >= 11 is 18.8. The van der Waals surface area contributed by atoms with Gasteiger partial charge in [-0.1, -0.05) is 180 Å². The van der Waals surface area contributed by atoms with E-state index in [-0.39, 0.29) is 49.0 Å². The molecule has 0 spiro atoms. The number of aryl methyl sites for hydroxylation is 10. The van der Waals surface area contributed by atoms with Crippen molar-refractivity contribution in [1.82, 2.24) is 45.1 Å². The molecule has 132 heavy (non-hydrogen) atoms. The molecule has 0 atom stereocenters. The molecule has 0 unspecified atom stereocenters. The fourth-order valence-electron chi connectivity index (χ4n) is 14.9. The van der Waals surface area contributed by atoms with E-state index in [4.69, 9.17) is 53.8 Å². The van der Waals surface area contributed by atoms with Gasteiger partial charge in [-0.2, -0.15) is 0 Å². The summed E-state index contributed by atoms with van der Waals surface area (Å²) in [4.78, 5) is 86.3. The average Bonchev–Trinajstić information content (AvgIpc) is 1.65. The Bertz CT molecular complexity index is 6770. The van der Waals surface area contributed by atoms with Crippen LogP contribution in [0.25, 0.3) is 43.8 Å². The molecular weight excluding hydrogens is 1800 g/mol. The van der Waals surface area contributed by atoms with E-state index in [0.29, 0.717) is 125 Å². The number of amides is 6. The molecule has 0 aliphatic heterocycles. The van der Waals surface area contributed by atoms with Crippen LogP contribution >= 0.6 is 34.8 Å². The van der Waals surface area contributed by atoms with Crippen LogP contribution in [0, 0.1) is 41.5 Å². The van der Waals surface area contributed by atoms with Gasteiger partial charge in [0.25, 0.3) is 29.5 Å². The number of halogens is 3. The molecular formula is C101H102Cl3N9O16S3. The molecule has 9 N–H and O–H groups in total. The molecule has 6 amide bonds. The van der Waals surface area contributed by atoms with Crippen molar-refractivity contribution < 1.29 is 73.0 Å². The number of para-hydroxylation sites is 4. The Morgan fingerprint density at radius 2 is 0.644 bits per heavy atom. The Kier molecular flexibility index (Phi) is 34.1. The van der Waals surface area contributed by atoms with Gasteiger partial charge < -0.3 is 49.8 Å². The van der Waals surface area contributed by atoms with E-state index in [1.165, 1.54) is 0 Å². The maximum atomic E-state index is 13.2. The Morgan fingerprint density at radius 3 is 1.03 bits per heavy atom. The van der Waals surface area contributed by atoms with Gasteiger partial charge in [0.2, 0.25) is 36.0 Å². The third kappa shape index (κ3) is 27.7. The lowest BCUT2D eigenvalue weighted by molar-refractivity contribution is -0.120. The molecule has 25 nitrogen and oxygen atoms in total. The van der Waals surface area contributed by atoms with Gasteiger partial charge in [0.15, 0.2) is 0 Å². The number of aromatic amines is 3. The number of ether oxygens (including phenoxy) is 4. The first kappa shape index (κ1) is 97.8. The standard InChI is InChI=1S/C35H34ClN3O6S.C35H34ClN3O5S.C31H34ClN3O5S/c1-23-21-28(22-24(2)32(23)36)44-19-8-12-30-29-11-6-7-13-31(29)38-33(30)35(41)39-46(42,43)20-18-37-34(40)25-14-16-27(17-15-25)45-26-9-4-3-5-10-26;1-23-20-28(21-24(2)32(23)36)44-18-9-15-30-29-14-6-7-16-31(29)38-33(30)35(41)39-45(42,43)19-17-37-34(40)27-13-8-12-26(22-27)25-10-4-3-5-11-25;1-21-19-24(20-22(2)29(21)32)40-17-8-12-26-25-11-6-7-13-27(25)34-30(26)31(37)35-41(38,39)18-16-33-28(36)15-14-23-9-4-3-5-10-23/h3-7,9-11,13-17,21-22,38H,8,12,18-20H2,1-2H3,(H,37,40)(H,39,41);3-8,10-14,16,20-22,38H,9,15,17-19H2,1-2H3,(H,37,40)(H,39,41);3-7,9-11,13,19-20,34H,8,12,14-18H2,1-2H3,(H,33,36)(H,35,37). The van der Waals surface area contributed by atoms with Gasteiger partial charge in [0, 0.05) is 85.0 Å². The topological polar surface area (TPSA) is 361 Å². The van der Waals surface area contributed by atoms with Crippen LogP contribution < -0.4 is 49.1 Å². The first-order valence-electron chi connectivity index (χ1n) is 42.8. The van der Waals surface area contributed by atoms with E-state index in [1.54, 1.807) is 42.5 Å². The number of hydrogen-bond acceptors (Lipinski definition) is 16. The molecule has 31 heteroatoms. The highest BCUT2D eigenvalue weighted by Crippen LogP contribution is 2.33. The zero-order valence-corrected chi connectivity index (χ0v) is 78.3. The van der Waals surface area contributed by atoms with E-state index >= 15 is 0 Å². The summed E-state index contributed by atoms with van der Waals surface area (Å²) in [5, 5.41) is 12.5. The van der Waals surface area contributed by atoms with Crippen LogP contribution in [0.1, 0.15) is 133 Å². The summed E-state index contributed by atoms with van der Waals surface area (Å²) in [5.41, 5.74) is 14.1. The van der Waals surface area contributed by atoms with Crippen molar-refractivity contribution in [1.29, 1.82) is 0 Å². The number of carbonyl (C=O) groups excluding carboxylic acids is 6. The third-order valence-electron chi connectivity index (χ3n) is 21.4. The number of fused-ring (bicyclic) bond motifs is 3. The van der Waals surface area contributed by atoms with Crippen molar-refractivity contribution in [2.24, 2.45) is 0 Å². The lowest BCUT2D eigenvalue weighted by Gasteiger charge is -2.11. The zero-order chi connectivity index (χ0) is 94.1. The SMILES string of the molecule is Cc1cc(OCCCc2c(C(=O)NS(=O)(=O)CCNC(=O)CCc3ccccc3)[nH]c3ccccc23)cc(C)c1Cl.Cc1cc(OCCCc2c(C(=O)NS(=O)(=O)CCNC(=O)c3ccc(Oc4ccccc4)cc3)[nH]c3ccccc23)cc(C)c1Cl.Cc1cc(OCCCc2c(C(=O)NS(=O)(=O)CCNC(=O)c3cccc(-c4ccccc4)c3)[nH]c3ccccc23)cc(C)c1Cl. The van der Waals surface area contributed by atoms with Crippen molar-refractivity contribution in [2.45, 2.75) is 92.9 Å². The fraction of sp³-hybridized carbons (Fsp3) is 0.228.